The Labute approximate surface area is 255 Å². The van der Waals surface area contributed by atoms with Crippen molar-refractivity contribution in [1.29, 1.82) is 0 Å². The van der Waals surface area contributed by atoms with E-state index in [4.69, 9.17) is 58.0 Å². The minimum atomic E-state index is -2.06. The molecule has 0 amide bonds. The Balaban J connectivity index is -0.000000368. The van der Waals surface area contributed by atoms with Crippen molar-refractivity contribution in [1.82, 2.24) is 0 Å². The van der Waals surface area contributed by atoms with Gasteiger partial charge in [-0.05, 0) is 10.6 Å². The molecule has 0 unspecified atom stereocenters. The largest absolute Gasteiger partial charge is 0.554 e. The minimum absolute atomic E-state index is 0. The molecular formula is C22H24Fe2O2P2PdS4-6. The van der Waals surface area contributed by atoms with Crippen LogP contribution in [0.15, 0.2) is 109 Å². The predicted octanol–water partition coefficient (Wildman–Crippen LogP) is 5.87. The molecule has 0 saturated heterocycles. The van der Waals surface area contributed by atoms with E-state index in [-0.39, 0.29) is 54.6 Å². The molecule has 0 atom stereocenters. The number of hydrogen-bond acceptors (Lipinski definition) is 6. The first-order chi connectivity index (χ1) is 14.3. The second-order valence-electron chi connectivity index (χ2n) is 5.57. The quantitative estimate of drug-likeness (QED) is 0.113. The summed E-state index contributed by atoms with van der Waals surface area (Å²) in [7, 11) is 3.14. The average Bonchev–Trinajstić information content (AvgIpc) is 3.59. The molecule has 190 valence electrons. The van der Waals surface area contributed by atoms with Crippen LogP contribution in [0.5, 0.6) is 0 Å². The summed E-state index contributed by atoms with van der Waals surface area (Å²) in [6, 6.07) is 35.3. The van der Waals surface area contributed by atoms with Crippen molar-refractivity contribution < 1.29 is 63.6 Å². The second kappa shape index (κ2) is 22.5. The van der Waals surface area contributed by atoms with Gasteiger partial charge in [0.05, 0.1) is 14.2 Å². The zero-order chi connectivity index (χ0) is 22.3. The minimum Gasteiger partial charge on any atom is -0.554 e. The molecule has 0 aromatic heterocycles. The number of rotatable bonds is 4. The Hall–Kier alpha value is 1.28. The van der Waals surface area contributed by atoms with Crippen molar-refractivity contribution in [3.05, 3.63) is 109 Å². The van der Waals surface area contributed by atoms with Gasteiger partial charge in [-0.25, -0.2) is 48.5 Å². The van der Waals surface area contributed by atoms with Gasteiger partial charge in [-0.1, -0.05) is 0 Å². The third-order valence-corrected chi connectivity index (χ3v) is 10.7. The summed E-state index contributed by atoms with van der Waals surface area (Å²) in [6.07, 6.45) is 0. The van der Waals surface area contributed by atoms with Crippen LogP contribution >= 0.6 is 11.8 Å². The van der Waals surface area contributed by atoms with Crippen LogP contribution in [-0.2, 0) is 113 Å². The Morgan fingerprint density at radius 3 is 0.939 bits per heavy atom. The van der Waals surface area contributed by atoms with Gasteiger partial charge in [-0.15, -0.1) is 36.1 Å². The van der Waals surface area contributed by atoms with E-state index in [0.717, 1.165) is 10.6 Å². The molecule has 0 bridgehead atoms. The molecule has 0 aliphatic rings. The molecule has 4 aromatic rings. The predicted molar refractivity (Wildman–Crippen MR) is 145 cm³/mol. The topological polar surface area (TPSA) is 18.5 Å². The molecular weight excluding hydrogens is 705 g/mol. The maximum Gasteiger partial charge on any atom is 0.0740 e. The third-order valence-electron chi connectivity index (χ3n) is 3.51. The zero-order valence-electron chi connectivity index (χ0n) is 17.8. The number of hydrogen-bond donors (Lipinski definition) is 0. The third kappa shape index (κ3) is 17.4. The van der Waals surface area contributed by atoms with E-state index in [1.807, 2.05) is 109 Å². The van der Waals surface area contributed by atoms with Crippen LogP contribution in [0.1, 0.15) is 0 Å². The van der Waals surface area contributed by atoms with Crippen molar-refractivity contribution in [2.75, 3.05) is 14.2 Å². The van der Waals surface area contributed by atoms with E-state index < -0.39 is 11.8 Å². The van der Waals surface area contributed by atoms with Gasteiger partial charge in [-0.3, -0.25) is 9.05 Å². The van der Waals surface area contributed by atoms with Gasteiger partial charge in [0, 0.05) is 54.6 Å². The summed E-state index contributed by atoms with van der Waals surface area (Å²) < 4.78 is 10.0. The van der Waals surface area contributed by atoms with Gasteiger partial charge in [-0.2, -0.15) is 36.4 Å². The van der Waals surface area contributed by atoms with Crippen molar-refractivity contribution in [2.45, 2.75) is 0 Å². The summed E-state index contributed by atoms with van der Waals surface area (Å²) in [6.45, 7) is 0. The summed E-state index contributed by atoms with van der Waals surface area (Å²) in [4.78, 5) is 0. The Morgan fingerprint density at radius 1 is 0.545 bits per heavy atom. The molecule has 2 nitrogen and oxygen atoms in total. The van der Waals surface area contributed by atoms with Gasteiger partial charge in [0.25, 0.3) is 0 Å². The zero-order valence-corrected chi connectivity index (χ0v) is 26.6. The first-order valence-electron chi connectivity index (χ1n) is 8.85. The van der Waals surface area contributed by atoms with Crippen molar-refractivity contribution in [3.8, 4) is 0 Å². The monoisotopic (exact) mass is 728 g/mol. The molecule has 0 aliphatic heterocycles. The normalized spacial score (nSPS) is 9.64. The van der Waals surface area contributed by atoms with Crippen LogP contribution in [0.3, 0.4) is 0 Å². The Kier molecular flexibility index (Phi) is 26.4. The maximum absolute atomic E-state index is 5.07. The molecule has 4 aromatic carbocycles. The van der Waals surface area contributed by atoms with Gasteiger partial charge in [0.2, 0.25) is 0 Å². The summed E-state index contributed by atoms with van der Waals surface area (Å²) >= 11 is 20.3. The van der Waals surface area contributed by atoms with E-state index in [0.29, 0.717) is 0 Å². The van der Waals surface area contributed by atoms with Crippen molar-refractivity contribution in [3.63, 3.8) is 0 Å². The first kappa shape index (κ1) is 38.8. The van der Waals surface area contributed by atoms with Crippen LogP contribution in [0.4, 0.5) is 0 Å². The molecule has 11 heteroatoms. The van der Waals surface area contributed by atoms with Crippen LogP contribution in [0.25, 0.3) is 0 Å². The van der Waals surface area contributed by atoms with Crippen LogP contribution in [0, 0.1) is 0 Å². The van der Waals surface area contributed by atoms with Gasteiger partial charge >= 0.3 is 0 Å². The van der Waals surface area contributed by atoms with E-state index in [9.17, 15) is 0 Å². The average molecular weight is 729 g/mol. The molecule has 0 spiro atoms. The van der Waals surface area contributed by atoms with Crippen LogP contribution in [0.2, 0.25) is 0 Å². The van der Waals surface area contributed by atoms with Gasteiger partial charge in [0.15, 0.2) is 0 Å². The smallest absolute Gasteiger partial charge is 0.0740 e. The van der Waals surface area contributed by atoms with Crippen LogP contribution in [-0.4, -0.2) is 14.2 Å². The second-order valence-corrected chi connectivity index (χ2v) is 16.9. The van der Waals surface area contributed by atoms with Crippen LogP contribution < -0.4 is 10.6 Å². The van der Waals surface area contributed by atoms with Crippen molar-refractivity contribution >= 4 is 71.4 Å². The summed E-state index contributed by atoms with van der Waals surface area (Å²) in [5.41, 5.74) is 0. The Morgan fingerprint density at radius 2 is 0.788 bits per heavy atom. The van der Waals surface area contributed by atoms with E-state index in [2.05, 4.69) is 0 Å². The Bertz CT molecular complexity index is 736. The molecule has 0 saturated carbocycles. The maximum atomic E-state index is 5.07. The fourth-order valence-electron chi connectivity index (χ4n) is 1.95. The summed E-state index contributed by atoms with van der Waals surface area (Å²) in [5, 5.41) is 1.94. The van der Waals surface area contributed by atoms with E-state index in [1.54, 1.807) is 14.2 Å². The molecule has 4 rings (SSSR count). The van der Waals surface area contributed by atoms with E-state index >= 15 is 0 Å². The standard InChI is InChI=1S/2C6H8OPS2.2C5H5.2Fe.Pd/c2*1-7-8(9,10)6-4-2-3-5-6;2*1-2-4-5-3-1;;;/h2*2-5H,1H3,(H,9,10);2*1-5H;;;/q4*-1;;;/p-2. The molecule has 33 heavy (non-hydrogen) atoms. The molecule has 0 radical (unpaired) electrons. The fourth-order valence-corrected chi connectivity index (χ4v) is 4.90. The van der Waals surface area contributed by atoms with Gasteiger partial charge in [0.1, 0.15) is 0 Å². The molecule has 0 aliphatic carbocycles. The molecule has 0 N–H and O–H groups in total. The van der Waals surface area contributed by atoms with Gasteiger partial charge < -0.3 is 49.0 Å². The molecule has 0 heterocycles. The molecule has 0 fully saturated rings. The summed E-state index contributed by atoms with van der Waals surface area (Å²) in [5.74, 6) is -4.12. The SMILES string of the molecule is CO[P+]([S-])([S-])[c-]1cccc1.CO[P+]([S-])([S-])[c-]1cccc1.[Fe].[Fe].[Pd].c1cc[cH-]c1.c1cc[cH-]c1. The van der Waals surface area contributed by atoms with Crippen molar-refractivity contribution in [2.24, 2.45) is 0 Å². The fraction of sp³-hybridized carbons (Fsp3) is 0.0909. The van der Waals surface area contributed by atoms with E-state index in [1.165, 1.54) is 0 Å². The first-order valence-corrected chi connectivity index (χ1v) is 16.3.